The minimum Gasteiger partial charge on any atom is -0.469 e. The maximum absolute atomic E-state index is 13.0. The number of esters is 2. The molecule has 1 aliphatic heterocycles. The Hall–Kier alpha value is -1.36. The van der Waals surface area contributed by atoms with Gasteiger partial charge in [0.15, 0.2) is 5.60 Å². The second-order valence-corrected chi connectivity index (χ2v) is 11.9. The van der Waals surface area contributed by atoms with Crippen LogP contribution in [0.15, 0.2) is 12.2 Å². The third-order valence-corrected chi connectivity index (χ3v) is 10.6. The zero-order valence-electron chi connectivity index (χ0n) is 19.8. The molecule has 0 aromatic carbocycles. The summed E-state index contributed by atoms with van der Waals surface area (Å²) in [4.78, 5) is 25.9. The van der Waals surface area contributed by atoms with E-state index in [-0.39, 0.29) is 35.0 Å². The molecule has 172 valence electrons. The highest BCUT2D eigenvalue weighted by molar-refractivity contribution is 5.83. The topological polar surface area (TPSA) is 65.1 Å². The van der Waals surface area contributed by atoms with Gasteiger partial charge in [-0.05, 0) is 94.5 Å². The van der Waals surface area contributed by atoms with Gasteiger partial charge in [0.1, 0.15) is 6.10 Å². The van der Waals surface area contributed by atoms with Crippen LogP contribution in [-0.2, 0) is 23.8 Å². The van der Waals surface area contributed by atoms with E-state index < -0.39 is 11.0 Å². The van der Waals surface area contributed by atoms with E-state index in [1.54, 1.807) is 0 Å². The van der Waals surface area contributed by atoms with Crippen LogP contribution >= 0.6 is 0 Å². The van der Waals surface area contributed by atoms with E-state index in [9.17, 15) is 9.59 Å². The van der Waals surface area contributed by atoms with Crippen molar-refractivity contribution in [3.8, 4) is 0 Å². The van der Waals surface area contributed by atoms with Crippen LogP contribution in [0.2, 0.25) is 0 Å². The standard InChI is InChI=1S/C26H38O5/c1-15-17-8-9-19-23(3)11-7-12-24(4,21(27)29-6)18(23)10-13-26(19,14-17)20(15)30-22(28)25(5)16(2)31-25/h16-20H,1,7-14H2,2-6H3/t16-,17-,18+,19+,20+,23+,24-,25+,26-/m1/s1. The van der Waals surface area contributed by atoms with Crippen LogP contribution < -0.4 is 0 Å². The van der Waals surface area contributed by atoms with E-state index in [1.807, 2.05) is 13.8 Å². The normalized spacial score (nSPS) is 52.7. The van der Waals surface area contributed by atoms with Crippen LogP contribution in [0.1, 0.15) is 79.1 Å². The molecule has 0 aromatic heterocycles. The van der Waals surface area contributed by atoms with E-state index in [0.717, 1.165) is 56.9 Å². The minimum absolute atomic E-state index is 0.0486. The van der Waals surface area contributed by atoms with Crippen LogP contribution in [-0.4, -0.2) is 36.9 Å². The Morgan fingerprint density at radius 1 is 1.03 bits per heavy atom. The maximum atomic E-state index is 13.0. The molecule has 0 N–H and O–H groups in total. The molecule has 5 rings (SSSR count). The first kappa shape index (κ1) is 21.5. The van der Waals surface area contributed by atoms with E-state index in [4.69, 9.17) is 14.2 Å². The molecule has 4 saturated carbocycles. The Labute approximate surface area is 186 Å². The molecule has 0 amide bonds. The van der Waals surface area contributed by atoms with Crippen molar-refractivity contribution in [3.05, 3.63) is 12.2 Å². The number of epoxide rings is 1. The van der Waals surface area contributed by atoms with Crippen molar-refractivity contribution >= 4 is 11.9 Å². The summed E-state index contributed by atoms with van der Waals surface area (Å²) in [6, 6.07) is 0. The molecule has 0 aromatic rings. The second-order valence-electron chi connectivity index (χ2n) is 11.9. The first-order valence-corrected chi connectivity index (χ1v) is 12.2. The van der Waals surface area contributed by atoms with Gasteiger partial charge < -0.3 is 14.2 Å². The fourth-order valence-corrected chi connectivity index (χ4v) is 8.77. The van der Waals surface area contributed by atoms with Gasteiger partial charge in [-0.3, -0.25) is 4.79 Å². The molecule has 31 heavy (non-hydrogen) atoms. The lowest BCUT2D eigenvalue weighted by Gasteiger charge is -2.64. The highest BCUT2D eigenvalue weighted by Crippen LogP contribution is 2.72. The molecule has 5 aliphatic rings. The van der Waals surface area contributed by atoms with E-state index >= 15 is 0 Å². The number of hydrogen-bond donors (Lipinski definition) is 0. The van der Waals surface area contributed by atoms with Gasteiger partial charge in [0.2, 0.25) is 0 Å². The molecule has 1 heterocycles. The number of carbonyl (C=O) groups is 2. The summed E-state index contributed by atoms with van der Waals surface area (Å²) >= 11 is 0. The Kier molecular flexibility index (Phi) is 4.56. The summed E-state index contributed by atoms with van der Waals surface area (Å²) in [5, 5.41) is 0. The van der Waals surface area contributed by atoms with Crippen molar-refractivity contribution < 1.29 is 23.8 Å². The van der Waals surface area contributed by atoms with Crippen molar-refractivity contribution in [2.45, 2.75) is 96.9 Å². The molecule has 5 fully saturated rings. The molecular weight excluding hydrogens is 392 g/mol. The monoisotopic (exact) mass is 430 g/mol. The van der Waals surface area contributed by atoms with Crippen LogP contribution in [0.25, 0.3) is 0 Å². The van der Waals surface area contributed by atoms with Gasteiger partial charge in [-0.15, -0.1) is 0 Å². The summed E-state index contributed by atoms with van der Waals surface area (Å²) < 4.78 is 17.1. The SMILES string of the molecule is C=C1[C@@H]2CC[C@H]3[C@@]4(C)CCC[C@@](C)(C(=O)OC)[C@H]4CC[C@]3(C2)[C@H]1OC(=O)[C@@]1(C)O[C@@H]1C. The number of methoxy groups -OCH3 is 1. The van der Waals surface area contributed by atoms with Gasteiger partial charge in [0.05, 0.1) is 18.6 Å². The molecule has 0 radical (unpaired) electrons. The zero-order chi connectivity index (χ0) is 22.4. The lowest BCUT2D eigenvalue weighted by molar-refractivity contribution is -0.199. The van der Waals surface area contributed by atoms with Gasteiger partial charge in [0.25, 0.3) is 0 Å². The van der Waals surface area contributed by atoms with Crippen LogP contribution in [0.4, 0.5) is 0 Å². The van der Waals surface area contributed by atoms with Gasteiger partial charge in [-0.2, -0.15) is 0 Å². The average Bonchev–Trinajstić information content (AvgIpc) is 3.32. The summed E-state index contributed by atoms with van der Waals surface area (Å²) in [6.45, 7) is 12.7. The molecule has 1 saturated heterocycles. The Balaban J connectivity index is 1.50. The van der Waals surface area contributed by atoms with Crippen molar-refractivity contribution in [1.82, 2.24) is 0 Å². The number of hydrogen-bond acceptors (Lipinski definition) is 5. The highest BCUT2D eigenvalue weighted by atomic mass is 16.7. The Morgan fingerprint density at radius 3 is 2.39 bits per heavy atom. The Bertz CT molecular complexity index is 836. The predicted molar refractivity (Wildman–Crippen MR) is 116 cm³/mol. The van der Waals surface area contributed by atoms with Crippen molar-refractivity contribution in [1.29, 1.82) is 0 Å². The van der Waals surface area contributed by atoms with Crippen LogP contribution in [0.5, 0.6) is 0 Å². The number of rotatable bonds is 3. The molecule has 1 spiro atoms. The lowest BCUT2D eigenvalue weighted by atomic mass is 9.40. The van der Waals surface area contributed by atoms with Crippen molar-refractivity contribution in [3.63, 3.8) is 0 Å². The number of carbonyl (C=O) groups excluding carboxylic acids is 2. The zero-order valence-corrected chi connectivity index (χ0v) is 19.8. The number of fused-ring (bicyclic) bond motifs is 3. The fourth-order valence-electron chi connectivity index (χ4n) is 8.77. The van der Waals surface area contributed by atoms with Gasteiger partial charge in [-0.1, -0.05) is 19.9 Å². The molecule has 0 unspecified atom stereocenters. The van der Waals surface area contributed by atoms with E-state index in [1.165, 1.54) is 7.11 Å². The molecule has 5 nitrogen and oxygen atoms in total. The maximum Gasteiger partial charge on any atom is 0.341 e. The Morgan fingerprint density at radius 2 is 1.74 bits per heavy atom. The summed E-state index contributed by atoms with van der Waals surface area (Å²) in [6.07, 6.45) is 8.05. The third kappa shape index (κ3) is 2.65. The van der Waals surface area contributed by atoms with E-state index in [2.05, 4.69) is 20.4 Å². The third-order valence-electron chi connectivity index (χ3n) is 10.6. The highest BCUT2D eigenvalue weighted by Gasteiger charge is 2.69. The van der Waals surface area contributed by atoms with Crippen LogP contribution in [0.3, 0.4) is 0 Å². The fraction of sp³-hybridized carbons (Fsp3) is 0.846. The lowest BCUT2D eigenvalue weighted by Crippen LogP contribution is -2.60. The quantitative estimate of drug-likeness (QED) is 0.365. The first-order valence-electron chi connectivity index (χ1n) is 12.2. The summed E-state index contributed by atoms with van der Waals surface area (Å²) in [5.74, 6) is 0.890. The molecule has 2 bridgehead atoms. The smallest absolute Gasteiger partial charge is 0.341 e. The second kappa shape index (κ2) is 6.59. The first-order chi connectivity index (χ1) is 14.5. The van der Waals surface area contributed by atoms with Crippen LogP contribution in [0, 0.1) is 34.0 Å². The molecule has 4 aliphatic carbocycles. The molecule has 9 atom stereocenters. The van der Waals surface area contributed by atoms with Crippen molar-refractivity contribution in [2.24, 2.45) is 34.0 Å². The van der Waals surface area contributed by atoms with E-state index in [0.29, 0.717) is 17.8 Å². The largest absolute Gasteiger partial charge is 0.469 e. The molecule has 5 heteroatoms. The van der Waals surface area contributed by atoms with Gasteiger partial charge in [-0.25, -0.2) is 4.79 Å². The van der Waals surface area contributed by atoms with Gasteiger partial charge >= 0.3 is 11.9 Å². The van der Waals surface area contributed by atoms with Gasteiger partial charge in [0, 0.05) is 5.41 Å². The summed E-state index contributed by atoms with van der Waals surface area (Å²) in [7, 11) is 1.52. The van der Waals surface area contributed by atoms with Crippen molar-refractivity contribution in [2.75, 3.05) is 7.11 Å². The molecular formula is C26H38O5. The average molecular weight is 431 g/mol. The summed E-state index contributed by atoms with van der Waals surface area (Å²) in [5.41, 5.74) is -0.122. The predicted octanol–water partition coefficient (Wildman–Crippen LogP) is 4.83. The number of ether oxygens (including phenoxy) is 3. The minimum atomic E-state index is -0.807.